The molecule has 3 nitrogen and oxygen atoms in total. The molecular weight excluding hydrogens is 303 g/mol. The maximum absolute atomic E-state index is 13.2. The van der Waals surface area contributed by atoms with E-state index in [-0.39, 0.29) is 17.8 Å². The Morgan fingerprint density at radius 2 is 1.64 bits per heavy atom. The van der Waals surface area contributed by atoms with E-state index in [0.29, 0.717) is 11.6 Å². The number of rotatable bonds is 4. The summed E-state index contributed by atoms with van der Waals surface area (Å²) in [4.78, 5) is 0. The molecule has 0 radical (unpaired) electrons. The van der Waals surface area contributed by atoms with Gasteiger partial charge in [0.15, 0.2) is 0 Å². The largest absolute Gasteiger partial charge is 0.489 e. The second-order valence-corrected chi connectivity index (χ2v) is 4.58. The van der Waals surface area contributed by atoms with Crippen molar-refractivity contribution >= 4 is 12.6 Å². The Balaban J connectivity index is 2.09. The van der Waals surface area contributed by atoms with Crippen molar-refractivity contribution in [3.05, 3.63) is 59.4 Å². The summed E-state index contributed by atoms with van der Waals surface area (Å²) in [6.07, 6.45) is -4.65. The molecule has 0 unspecified atom stereocenters. The lowest BCUT2D eigenvalue weighted by Gasteiger charge is -2.11. The van der Waals surface area contributed by atoms with Crippen molar-refractivity contribution in [3.63, 3.8) is 0 Å². The van der Waals surface area contributed by atoms with E-state index in [4.69, 9.17) is 14.8 Å². The number of hydrogen-bond donors (Lipinski definition) is 2. The summed E-state index contributed by atoms with van der Waals surface area (Å²) in [5, 5.41) is 17.9. The van der Waals surface area contributed by atoms with E-state index in [0.717, 1.165) is 12.1 Å². The van der Waals surface area contributed by atoms with Gasteiger partial charge in [0.1, 0.15) is 18.2 Å². The van der Waals surface area contributed by atoms with Crippen LogP contribution in [0.15, 0.2) is 42.5 Å². The Labute approximate surface area is 123 Å². The van der Waals surface area contributed by atoms with Crippen LogP contribution in [-0.2, 0) is 12.8 Å². The van der Waals surface area contributed by atoms with Crippen LogP contribution < -0.4 is 10.2 Å². The highest BCUT2D eigenvalue weighted by molar-refractivity contribution is 6.58. The van der Waals surface area contributed by atoms with Crippen LogP contribution in [0.4, 0.5) is 17.6 Å². The molecule has 116 valence electrons. The fourth-order valence-electron chi connectivity index (χ4n) is 1.76. The third kappa shape index (κ3) is 4.22. The third-order valence-electron chi connectivity index (χ3n) is 2.88. The van der Waals surface area contributed by atoms with Crippen LogP contribution in [0.25, 0.3) is 0 Å². The van der Waals surface area contributed by atoms with Gasteiger partial charge in [-0.3, -0.25) is 0 Å². The zero-order chi connectivity index (χ0) is 16.3. The van der Waals surface area contributed by atoms with Gasteiger partial charge < -0.3 is 14.8 Å². The predicted molar refractivity (Wildman–Crippen MR) is 72.0 cm³/mol. The van der Waals surface area contributed by atoms with Gasteiger partial charge in [0, 0.05) is 6.07 Å². The van der Waals surface area contributed by atoms with E-state index in [1.165, 1.54) is 24.3 Å². The third-order valence-corrected chi connectivity index (χ3v) is 2.88. The van der Waals surface area contributed by atoms with Crippen molar-refractivity contribution in [1.82, 2.24) is 0 Å². The van der Waals surface area contributed by atoms with E-state index < -0.39 is 24.7 Å². The maximum atomic E-state index is 13.2. The first-order valence-electron chi connectivity index (χ1n) is 6.21. The molecule has 0 saturated heterocycles. The molecular formula is C14H11BF4O3. The molecule has 0 spiro atoms. The van der Waals surface area contributed by atoms with Crippen LogP contribution in [-0.4, -0.2) is 17.2 Å². The molecule has 0 amide bonds. The minimum atomic E-state index is -4.65. The minimum Gasteiger partial charge on any atom is -0.489 e. The molecule has 2 N–H and O–H groups in total. The second-order valence-electron chi connectivity index (χ2n) is 4.58. The predicted octanol–water partition coefficient (Wildman–Crippen LogP) is 2.10. The van der Waals surface area contributed by atoms with Crippen LogP contribution in [0.2, 0.25) is 0 Å². The van der Waals surface area contributed by atoms with Crippen molar-refractivity contribution in [2.45, 2.75) is 12.8 Å². The van der Waals surface area contributed by atoms with E-state index >= 15 is 0 Å². The summed E-state index contributed by atoms with van der Waals surface area (Å²) in [5.74, 6) is -1.28. The summed E-state index contributed by atoms with van der Waals surface area (Å²) in [6.45, 7) is -0.0808. The minimum absolute atomic E-state index is 0.0808. The number of benzene rings is 2. The monoisotopic (exact) mass is 314 g/mol. The van der Waals surface area contributed by atoms with Crippen molar-refractivity contribution in [2.24, 2.45) is 0 Å². The van der Waals surface area contributed by atoms with Crippen LogP contribution in [0.3, 0.4) is 0 Å². The summed E-state index contributed by atoms with van der Waals surface area (Å²) in [5.41, 5.74) is -0.266. The fourth-order valence-corrected chi connectivity index (χ4v) is 1.76. The molecule has 22 heavy (non-hydrogen) atoms. The Bertz CT molecular complexity index is 642. The van der Waals surface area contributed by atoms with Crippen LogP contribution >= 0.6 is 0 Å². The van der Waals surface area contributed by atoms with Gasteiger partial charge >= 0.3 is 13.3 Å². The van der Waals surface area contributed by atoms with Crippen LogP contribution in [0.5, 0.6) is 5.75 Å². The number of ether oxygens (including phenoxy) is 1. The van der Waals surface area contributed by atoms with Gasteiger partial charge in [-0.15, -0.1) is 0 Å². The maximum Gasteiger partial charge on any atom is 0.488 e. The molecule has 0 bridgehead atoms. The van der Waals surface area contributed by atoms with E-state index in [1.54, 1.807) is 0 Å². The molecule has 0 aliphatic rings. The van der Waals surface area contributed by atoms with Crippen molar-refractivity contribution in [2.75, 3.05) is 0 Å². The highest BCUT2D eigenvalue weighted by atomic mass is 19.4. The summed E-state index contributed by atoms with van der Waals surface area (Å²) < 4.78 is 56.0. The van der Waals surface area contributed by atoms with Gasteiger partial charge in [-0.05, 0) is 23.2 Å². The van der Waals surface area contributed by atoms with Gasteiger partial charge in [-0.25, -0.2) is 4.39 Å². The molecule has 0 saturated carbocycles. The molecule has 8 heteroatoms. The zero-order valence-corrected chi connectivity index (χ0v) is 11.1. The van der Waals surface area contributed by atoms with Gasteiger partial charge in [-0.1, -0.05) is 24.3 Å². The number of hydrogen-bond acceptors (Lipinski definition) is 3. The lowest BCUT2D eigenvalue weighted by molar-refractivity contribution is -0.137. The topological polar surface area (TPSA) is 49.7 Å². The molecule has 0 fully saturated rings. The van der Waals surface area contributed by atoms with Crippen molar-refractivity contribution in [1.29, 1.82) is 0 Å². The average molecular weight is 314 g/mol. The summed E-state index contributed by atoms with van der Waals surface area (Å²) in [7, 11) is -1.60. The van der Waals surface area contributed by atoms with E-state index in [1.807, 2.05) is 0 Å². The first-order valence-corrected chi connectivity index (χ1v) is 6.21. The first kappa shape index (κ1) is 16.3. The first-order chi connectivity index (χ1) is 10.3. The molecule has 2 rings (SSSR count). The standard InChI is InChI=1S/C14H11BF4O3/c16-12-5-10(14(17,18)19)6-13(7-12)22-8-9-1-3-11(4-2-9)15(20)21/h1-7,20-21H,8H2. The molecule has 0 aromatic heterocycles. The number of halogens is 4. The van der Waals surface area contributed by atoms with Crippen molar-refractivity contribution in [3.8, 4) is 5.75 Å². The Kier molecular flexibility index (Phi) is 4.73. The highest BCUT2D eigenvalue weighted by Crippen LogP contribution is 2.32. The van der Waals surface area contributed by atoms with E-state index in [2.05, 4.69) is 0 Å². The smallest absolute Gasteiger partial charge is 0.488 e. The lowest BCUT2D eigenvalue weighted by Crippen LogP contribution is -2.29. The normalized spacial score (nSPS) is 11.4. The average Bonchev–Trinajstić information content (AvgIpc) is 2.44. The summed E-state index contributed by atoms with van der Waals surface area (Å²) in [6, 6.07) is 7.91. The van der Waals surface area contributed by atoms with Gasteiger partial charge in [0.2, 0.25) is 0 Å². The summed E-state index contributed by atoms with van der Waals surface area (Å²) >= 11 is 0. The molecule has 0 aliphatic heterocycles. The quantitative estimate of drug-likeness (QED) is 0.671. The van der Waals surface area contributed by atoms with E-state index in [9.17, 15) is 17.6 Å². The second kappa shape index (κ2) is 6.37. The molecule has 0 aliphatic carbocycles. The van der Waals surface area contributed by atoms with Crippen LogP contribution in [0.1, 0.15) is 11.1 Å². The Hall–Kier alpha value is -2.06. The fraction of sp³-hybridized carbons (Fsp3) is 0.143. The van der Waals surface area contributed by atoms with Gasteiger partial charge in [0.05, 0.1) is 5.56 Å². The van der Waals surface area contributed by atoms with Crippen molar-refractivity contribution < 1.29 is 32.3 Å². The van der Waals surface area contributed by atoms with Gasteiger partial charge in [0.25, 0.3) is 0 Å². The highest BCUT2D eigenvalue weighted by Gasteiger charge is 2.31. The SMILES string of the molecule is OB(O)c1ccc(COc2cc(F)cc(C(F)(F)F)c2)cc1. The Morgan fingerprint density at radius 3 is 2.18 bits per heavy atom. The van der Waals surface area contributed by atoms with Crippen LogP contribution in [0, 0.1) is 5.82 Å². The lowest BCUT2D eigenvalue weighted by atomic mass is 9.80. The molecule has 2 aromatic rings. The Morgan fingerprint density at radius 1 is 1.00 bits per heavy atom. The molecule has 0 heterocycles. The number of alkyl halides is 3. The molecule has 0 atom stereocenters. The zero-order valence-electron chi connectivity index (χ0n) is 11.1. The molecule has 2 aromatic carbocycles. The van der Waals surface area contributed by atoms with Gasteiger partial charge in [-0.2, -0.15) is 13.2 Å².